The monoisotopic (exact) mass is 306 g/mol. The van der Waals surface area contributed by atoms with E-state index in [1.165, 1.54) is 0 Å². The molecular weight excluding hydrogens is 288 g/mol. The summed E-state index contributed by atoms with van der Waals surface area (Å²) < 4.78 is 4.01. The molecule has 1 aliphatic heterocycles. The number of nitrogens with zero attached hydrogens (tertiary/aromatic N) is 5. The molecule has 0 saturated heterocycles. The molecule has 0 amide bonds. The van der Waals surface area contributed by atoms with Crippen LogP contribution in [0.2, 0.25) is 0 Å². The number of hydrogen-bond acceptors (Lipinski definition) is 4. The second-order valence-electron chi connectivity index (χ2n) is 6.01. The lowest BCUT2D eigenvalue weighted by atomic mass is 10.1. The molecule has 4 heterocycles. The van der Waals surface area contributed by atoms with Gasteiger partial charge in [-0.15, -0.1) is 0 Å². The van der Waals surface area contributed by atoms with Crippen LogP contribution in [0.1, 0.15) is 29.2 Å². The Labute approximate surface area is 134 Å². The van der Waals surface area contributed by atoms with Crippen LogP contribution in [0.3, 0.4) is 0 Å². The lowest BCUT2D eigenvalue weighted by Gasteiger charge is -2.23. The van der Waals surface area contributed by atoms with E-state index >= 15 is 0 Å². The molecule has 116 valence electrons. The molecule has 0 aromatic carbocycles. The summed E-state index contributed by atoms with van der Waals surface area (Å²) in [7, 11) is 0. The van der Waals surface area contributed by atoms with Crippen LogP contribution in [0.4, 0.5) is 0 Å². The van der Waals surface area contributed by atoms with Crippen molar-refractivity contribution in [2.45, 2.75) is 38.9 Å². The van der Waals surface area contributed by atoms with Gasteiger partial charge in [-0.2, -0.15) is 10.4 Å². The van der Waals surface area contributed by atoms with Crippen LogP contribution < -0.4 is 5.32 Å². The number of rotatable bonds is 3. The zero-order valence-corrected chi connectivity index (χ0v) is 13.0. The van der Waals surface area contributed by atoms with Crippen molar-refractivity contribution in [2.75, 3.05) is 0 Å². The molecular formula is C17H18N6. The van der Waals surface area contributed by atoms with Crippen molar-refractivity contribution in [1.82, 2.24) is 24.5 Å². The first-order chi connectivity index (χ1) is 11.2. The maximum absolute atomic E-state index is 9.46. The van der Waals surface area contributed by atoms with Gasteiger partial charge in [-0.3, -0.25) is 0 Å². The number of nitriles is 1. The van der Waals surface area contributed by atoms with E-state index in [1.807, 2.05) is 46.6 Å². The third-order valence-electron chi connectivity index (χ3n) is 4.42. The van der Waals surface area contributed by atoms with E-state index in [0.717, 1.165) is 47.7 Å². The first-order valence-electron chi connectivity index (χ1n) is 7.87. The first kappa shape index (κ1) is 14.0. The topological polar surface area (TPSA) is 70.9 Å². The molecule has 6 heteroatoms. The van der Waals surface area contributed by atoms with Gasteiger partial charge in [0.1, 0.15) is 17.7 Å². The van der Waals surface area contributed by atoms with E-state index in [0.29, 0.717) is 12.6 Å². The Hall–Kier alpha value is -2.65. The average Bonchev–Trinajstić information content (AvgIpc) is 3.10. The van der Waals surface area contributed by atoms with Crippen LogP contribution in [-0.4, -0.2) is 25.2 Å². The highest BCUT2D eigenvalue weighted by Crippen LogP contribution is 2.19. The second-order valence-corrected chi connectivity index (χ2v) is 6.01. The van der Waals surface area contributed by atoms with E-state index in [2.05, 4.69) is 21.5 Å². The Balaban J connectivity index is 1.51. The summed E-state index contributed by atoms with van der Waals surface area (Å²) in [4.78, 5) is 4.44. The lowest BCUT2D eigenvalue weighted by molar-refractivity contribution is 0.357. The predicted molar refractivity (Wildman–Crippen MR) is 85.8 cm³/mol. The molecule has 4 rings (SSSR count). The Morgan fingerprint density at radius 1 is 1.43 bits per heavy atom. The maximum atomic E-state index is 9.46. The van der Waals surface area contributed by atoms with Gasteiger partial charge >= 0.3 is 0 Å². The number of hydrogen-bond donors (Lipinski definition) is 1. The third-order valence-corrected chi connectivity index (χ3v) is 4.42. The minimum Gasteiger partial charge on any atom is -0.322 e. The van der Waals surface area contributed by atoms with Gasteiger partial charge in [0.25, 0.3) is 0 Å². The lowest BCUT2D eigenvalue weighted by Crippen LogP contribution is -2.37. The molecule has 1 N–H and O–H groups in total. The highest BCUT2D eigenvalue weighted by atomic mass is 15.4. The molecule has 0 bridgehead atoms. The van der Waals surface area contributed by atoms with Crippen LogP contribution in [0, 0.1) is 18.3 Å². The van der Waals surface area contributed by atoms with Crippen molar-refractivity contribution in [1.29, 1.82) is 5.26 Å². The molecule has 0 fully saturated rings. The summed E-state index contributed by atoms with van der Waals surface area (Å²) in [6.07, 6.45) is 6.01. The van der Waals surface area contributed by atoms with Crippen molar-refractivity contribution < 1.29 is 0 Å². The van der Waals surface area contributed by atoms with E-state index in [1.54, 1.807) is 0 Å². The minimum absolute atomic E-state index is 0.359. The van der Waals surface area contributed by atoms with Crippen molar-refractivity contribution in [3.63, 3.8) is 0 Å². The quantitative estimate of drug-likeness (QED) is 0.801. The van der Waals surface area contributed by atoms with Gasteiger partial charge in [-0.1, -0.05) is 6.07 Å². The van der Waals surface area contributed by atoms with Crippen LogP contribution in [-0.2, 0) is 19.5 Å². The standard InChI is InChI=1S/C17H18N6/c1-12-20-17-6-5-14(11-23(17)21-12)19-9-13-10-22-7-3-2-4-16(22)15(13)8-18/h2-4,7,10,14,19H,5-6,9,11H2,1H3/t14-/m1/s1. The Morgan fingerprint density at radius 2 is 2.35 bits per heavy atom. The first-order valence-corrected chi connectivity index (χ1v) is 7.87. The van der Waals surface area contributed by atoms with Crippen molar-refractivity contribution in [3.05, 3.63) is 53.4 Å². The second kappa shape index (κ2) is 5.52. The normalized spacial score (nSPS) is 17.1. The highest BCUT2D eigenvalue weighted by molar-refractivity contribution is 5.65. The molecule has 0 radical (unpaired) electrons. The SMILES string of the molecule is Cc1nc2n(n1)C[C@H](NCc1cn3ccccc3c1C#N)CC2. The maximum Gasteiger partial charge on any atom is 0.147 e. The fraction of sp³-hybridized carbons (Fsp3) is 0.353. The van der Waals surface area contributed by atoms with Gasteiger partial charge in [0.15, 0.2) is 0 Å². The number of pyridine rings is 1. The number of fused-ring (bicyclic) bond motifs is 2. The Morgan fingerprint density at radius 3 is 3.22 bits per heavy atom. The number of nitrogens with one attached hydrogen (secondary N) is 1. The molecule has 3 aromatic rings. The summed E-state index contributed by atoms with van der Waals surface area (Å²) in [6, 6.07) is 8.61. The largest absolute Gasteiger partial charge is 0.322 e. The van der Waals surface area contributed by atoms with Crippen molar-refractivity contribution in [2.24, 2.45) is 0 Å². The molecule has 0 aliphatic carbocycles. The molecule has 23 heavy (non-hydrogen) atoms. The molecule has 1 aliphatic rings. The van der Waals surface area contributed by atoms with Gasteiger partial charge in [-0.25, -0.2) is 9.67 Å². The molecule has 6 nitrogen and oxygen atoms in total. The molecule has 1 atom stereocenters. The van der Waals surface area contributed by atoms with Crippen LogP contribution >= 0.6 is 0 Å². The molecule has 0 unspecified atom stereocenters. The van der Waals surface area contributed by atoms with Crippen molar-refractivity contribution in [3.8, 4) is 6.07 Å². The predicted octanol–water partition coefficient (Wildman–Crippen LogP) is 1.82. The molecule has 0 saturated carbocycles. The zero-order valence-electron chi connectivity index (χ0n) is 13.0. The van der Waals surface area contributed by atoms with E-state index in [4.69, 9.17) is 0 Å². The molecule has 0 spiro atoms. The van der Waals surface area contributed by atoms with Gasteiger partial charge in [0, 0.05) is 37.0 Å². The van der Waals surface area contributed by atoms with Gasteiger partial charge < -0.3 is 9.72 Å². The molecule has 3 aromatic heterocycles. The average molecular weight is 306 g/mol. The fourth-order valence-electron chi connectivity index (χ4n) is 3.30. The van der Waals surface area contributed by atoms with E-state index in [-0.39, 0.29) is 0 Å². The fourth-order valence-corrected chi connectivity index (χ4v) is 3.30. The zero-order chi connectivity index (χ0) is 15.8. The summed E-state index contributed by atoms with van der Waals surface area (Å²) >= 11 is 0. The van der Waals surface area contributed by atoms with E-state index in [9.17, 15) is 5.26 Å². The van der Waals surface area contributed by atoms with Crippen LogP contribution in [0.15, 0.2) is 30.6 Å². The van der Waals surface area contributed by atoms with Gasteiger partial charge in [-0.05, 0) is 25.5 Å². The number of aromatic nitrogens is 4. The van der Waals surface area contributed by atoms with Crippen LogP contribution in [0.25, 0.3) is 5.52 Å². The van der Waals surface area contributed by atoms with Crippen molar-refractivity contribution >= 4 is 5.52 Å². The highest BCUT2D eigenvalue weighted by Gasteiger charge is 2.21. The Kier molecular flexibility index (Phi) is 3.36. The summed E-state index contributed by atoms with van der Waals surface area (Å²) in [5.74, 6) is 1.92. The number of aryl methyl sites for hydroxylation is 2. The third kappa shape index (κ3) is 2.49. The summed E-state index contributed by atoms with van der Waals surface area (Å²) in [5, 5.41) is 17.5. The minimum atomic E-state index is 0.359. The van der Waals surface area contributed by atoms with Gasteiger partial charge in [0.05, 0.1) is 17.6 Å². The summed E-state index contributed by atoms with van der Waals surface area (Å²) in [5.41, 5.74) is 2.76. The van der Waals surface area contributed by atoms with Crippen LogP contribution in [0.5, 0.6) is 0 Å². The summed E-state index contributed by atoms with van der Waals surface area (Å²) in [6.45, 7) is 3.46. The van der Waals surface area contributed by atoms with Gasteiger partial charge in [0.2, 0.25) is 0 Å². The Bertz CT molecular complexity index is 898. The van der Waals surface area contributed by atoms with E-state index < -0.39 is 0 Å². The smallest absolute Gasteiger partial charge is 0.147 e.